The molecule has 0 spiro atoms. The largest absolute Gasteiger partial charge is 0.542 e. The van der Waals surface area contributed by atoms with Gasteiger partial charge in [0.1, 0.15) is 5.97 Å². The van der Waals surface area contributed by atoms with E-state index in [9.17, 15) is 14.7 Å². The van der Waals surface area contributed by atoms with Crippen molar-refractivity contribution in [1.82, 2.24) is 0 Å². The topological polar surface area (TPSA) is 57.2 Å². The molecular weight excluding hydrogens is 239 g/mol. The minimum atomic E-state index is -1.66. The van der Waals surface area contributed by atoms with Crippen LogP contribution in [0.2, 0.25) is 10.0 Å². The van der Waals surface area contributed by atoms with Gasteiger partial charge in [0, 0.05) is 6.42 Å². The molecule has 0 saturated carbocycles. The lowest BCUT2D eigenvalue weighted by atomic mass is 10.1. The van der Waals surface area contributed by atoms with Crippen molar-refractivity contribution in [1.29, 1.82) is 0 Å². The molecule has 3 nitrogen and oxygen atoms in total. The van der Waals surface area contributed by atoms with Crippen LogP contribution in [0.1, 0.15) is 12.0 Å². The molecule has 0 bridgehead atoms. The van der Waals surface area contributed by atoms with Gasteiger partial charge < -0.3 is 9.90 Å². The molecule has 1 rings (SSSR count). The molecule has 0 heterocycles. The Morgan fingerprint density at radius 2 is 1.87 bits per heavy atom. The Labute approximate surface area is 96.6 Å². The van der Waals surface area contributed by atoms with E-state index < -0.39 is 11.8 Å². The zero-order chi connectivity index (χ0) is 11.4. The Balaban J connectivity index is 2.62. The molecule has 1 aromatic rings. The fourth-order valence-electron chi connectivity index (χ4n) is 1.06. The average molecular weight is 246 g/mol. The second kappa shape index (κ2) is 5.14. The SMILES string of the molecule is O=C([O-])C(=O)CCc1ccc(Cl)c(Cl)c1. The summed E-state index contributed by atoms with van der Waals surface area (Å²) in [4.78, 5) is 20.9. The van der Waals surface area contributed by atoms with E-state index in [2.05, 4.69) is 0 Å². The van der Waals surface area contributed by atoms with Gasteiger partial charge >= 0.3 is 0 Å². The van der Waals surface area contributed by atoms with Crippen molar-refractivity contribution in [2.24, 2.45) is 0 Å². The molecule has 0 aliphatic carbocycles. The highest BCUT2D eigenvalue weighted by atomic mass is 35.5. The number of aliphatic carboxylic acids is 1. The normalized spacial score (nSPS) is 10.0. The van der Waals surface area contributed by atoms with Gasteiger partial charge in [-0.05, 0) is 24.1 Å². The van der Waals surface area contributed by atoms with Gasteiger partial charge in [-0.25, -0.2) is 0 Å². The first-order valence-electron chi connectivity index (χ1n) is 4.19. The lowest BCUT2D eigenvalue weighted by Crippen LogP contribution is -2.31. The Morgan fingerprint density at radius 3 is 2.40 bits per heavy atom. The van der Waals surface area contributed by atoms with Crippen LogP contribution in [0, 0.1) is 0 Å². The van der Waals surface area contributed by atoms with Crippen LogP contribution in [0.4, 0.5) is 0 Å². The molecule has 80 valence electrons. The number of carbonyl (C=O) groups excluding carboxylic acids is 2. The summed E-state index contributed by atoms with van der Waals surface area (Å²) in [6.45, 7) is 0. The fourth-order valence-corrected chi connectivity index (χ4v) is 1.38. The number of ketones is 1. The zero-order valence-electron chi connectivity index (χ0n) is 7.63. The molecule has 1 aromatic carbocycles. The minimum Gasteiger partial charge on any atom is -0.542 e. The van der Waals surface area contributed by atoms with Gasteiger partial charge in [0.05, 0.1) is 10.0 Å². The standard InChI is InChI=1S/C10H8Cl2O3/c11-7-3-1-6(5-8(7)12)2-4-9(13)10(14)15/h1,3,5H,2,4H2,(H,14,15)/p-1. The van der Waals surface area contributed by atoms with Crippen LogP contribution in [0.5, 0.6) is 0 Å². The third-order valence-corrected chi connectivity index (χ3v) is 2.59. The molecule has 0 fully saturated rings. The van der Waals surface area contributed by atoms with E-state index in [-0.39, 0.29) is 6.42 Å². The molecule has 0 saturated heterocycles. The smallest absolute Gasteiger partial charge is 0.178 e. The number of hydrogen-bond acceptors (Lipinski definition) is 3. The Kier molecular flexibility index (Phi) is 4.12. The lowest BCUT2D eigenvalue weighted by Gasteiger charge is -2.03. The van der Waals surface area contributed by atoms with Crippen molar-refractivity contribution in [3.63, 3.8) is 0 Å². The van der Waals surface area contributed by atoms with Crippen molar-refractivity contribution >= 4 is 35.0 Å². The third kappa shape index (κ3) is 3.53. The first-order valence-corrected chi connectivity index (χ1v) is 4.94. The number of carboxylic acids is 1. The predicted molar refractivity (Wildman–Crippen MR) is 54.8 cm³/mol. The summed E-state index contributed by atoms with van der Waals surface area (Å²) in [6, 6.07) is 4.89. The van der Waals surface area contributed by atoms with Gasteiger partial charge in [0.25, 0.3) is 0 Å². The van der Waals surface area contributed by atoms with Crippen molar-refractivity contribution < 1.29 is 14.7 Å². The molecule has 0 aromatic heterocycles. The van der Waals surface area contributed by atoms with Crippen molar-refractivity contribution in [2.75, 3.05) is 0 Å². The van der Waals surface area contributed by atoms with Crippen molar-refractivity contribution in [3.8, 4) is 0 Å². The monoisotopic (exact) mass is 245 g/mol. The molecule has 0 amide bonds. The molecule has 0 unspecified atom stereocenters. The van der Waals surface area contributed by atoms with Gasteiger partial charge in [0.2, 0.25) is 0 Å². The van der Waals surface area contributed by atoms with Crippen LogP contribution in [-0.4, -0.2) is 11.8 Å². The van der Waals surface area contributed by atoms with Gasteiger partial charge in [-0.3, -0.25) is 4.79 Å². The maximum Gasteiger partial charge on any atom is 0.178 e. The molecule has 0 aliphatic rings. The zero-order valence-corrected chi connectivity index (χ0v) is 9.14. The number of aryl methyl sites for hydroxylation is 1. The summed E-state index contributed by atoms with van der Waals surface area (Å²) in [5, 5.41) is 10.9. The average Bonchev–Trinajstić information content (AvgIpc) is 2.19. The number of halogens is 2. The van der Waals surface area contributed by atoms with Crippen molar-refractivity contribution in [2.45, 2.75) is 12.8 Å². The number of carbonyl (C=O) groups is 2. The predicted octanol–water partition coefficient (Wildman–Crippen LogP) is 1.24. The molecule has 15 heavy (non-hydrogen) atoms. The maximum atomic E-state index is 10.7. The highest BCUT2D eigenvalue weighted by molar-refractivity contribution is 6.42. The van der Waals surface area contributed by atoms with Gasteiger partial charge in [-0.15, -0.1) is 0 Å². The fraction of sp³-hybridized carbons (Fsp3) is 0.200. The summed E-state index contributed by atoms with van der Waals surface area (Å²) >= 11 is 11.4. The summed E-state index contributed by atoms with van der Waals surface area (Å²) in [5.74, 6) is -2.57. The van der Waals surface area contributed by atoms with Crippen LogP contribution in [0.3, 0.4) is 0 Å². The van der Waals surface area contributed by atoms with Crippen LogP contribution in [0.25, 0.3) is 0 Å². The maximum absolute atomic E-state index is 10.7. The summed E-state index contributed by atoms with van der Waals surface area (Å²) in [5.41, 5.74) is 0.763. The minimum absolute atomic E-state index is 0.0969. The number of carboxylic acid groups (broad SMARTS) is 1. The Morgan fingerprint density at radius 1 is 1.20 bits per heavy atom. The lowest BCUT2D eigenvalue weighted by molar-refractivity contribution is -0.300. The molecule has 0 N–H and O–H groups in total. The molecule has 0 radical (unpaired) electrons. The van der Waals surface area contributed by atoms with Crippen LogP contribution >= 0.6 is 23.2 Å². The van der Waals surface area contributed by atoms with E-state index in [1.807, 2.05) is 0 Å². The number of Topliss-reactive ketones (excluding diaryl/α,β-unsaturated/α-hetero) is 1. The Hall–Kier alpha value is -1.06. The van der Waals surface area contributed by atoms with E-state index in [1.165, 1.54) is 0 Å². The van der Waals surface area contributed by atoms with E-state index in [1.54, 1.807) is 18.2 Å². The highest BCUT2D eigenvalue weighted by Gasteiger charge is 2.04. The first-order chi connectivity index (χ1) is 7.00. The number of hydrogen-bond donors (Lipinski definition) is 0. The van der Waals surface area contributed by atoms with Gasteiger partial charge in [0.15, 0.2) is 5.78 Å². The van der Waals surface area contributed by atoms with Crippen LogP contribution < -0.4 is 5.11 Å². The molecular formula is C10H7Cl2O3-. The first kappa shape index (κ1) is 12.0. The summed E-state index contributed by atoms with van der Waals surface area (Å²) < 4.78 is 0. The van der Waals surface area contributed by atoms with Crippen molar-refractivity contribution in [3.05, 3.63) is 33.8 Å². The second-order valence-electron chi connectivity index (χ2n) is 2.96. The summed E-state index contributed by atoms with van der Waals surface area (Å²) in [7, 11) is 0. The van der Waals surface area contributed by atoms with Crippen LogP contribution in [0.15, 0.2) is 18.2 Å². The van der Waals surface area contributed by atoms with E-state index in [0.29, 0.717) is 16.5 Å². The second-order valence-corrected chi connectivity index (χ2v) is 3.77. The Bertz CT molecular complexity index is 402. The third-order valence-electron chi connectivity index (χ3n) is 1.85. The summed E-state index contributed by atoms with van der Waals surface area (Å²) in [6.07, 6.45) is 0.212. The van der Waals surface area contributed by atoms with Gasteiger partial charge in [-0.1, -0.05) is 29.3 Å². The number of benzene rings is 1. The van der Waals surface area contributed by atoms with Gasteiger partial charge in [-0.2, -0.15) is 0 Å². The molecule has 0 atom stereocenters. The van der Waals surface area contributed by atoms with Crippen LogP contribution in [-0.2, 0) is 16.0 Å². The number of rotatable bonds is 4. The molecule has 5 heteroatoms. The van der Waals surface area contributed by atoms with E-state index in [4.69, 9.17) is 23.2 Å². The van der Waals surface area contributed by atoms with E-state index in [0.717, 1.165) is 5.56 Å². The molecule has 0 aliphatic heterocycles. The van der Waals surface area contributed by atoms with E-state index >= 15 is 0 Å². The quantitative estimate of drug-likeness (QED) is 0.751. The highest BCUT2D eigenvalue weighted by Crippen LogP contribution is 2.23.